The number of non-ortho nitro benzene ring substituents is 1. The Morgan fingerprint density at radius 3 is 2.50 bits per heavy atom. The van der Waals surface area contributed by atoms with Crippen LogP contribution in [-0.2, 0) is 0 Å². The number of hydrazone groups is 1. The summed E-state index contributed by atoms with van der Waals surface area (Å²) in [7, 11) is 1.26. The van der Waals surface area contributed by atoms with Gasteiger partial charge in [0.15, 0.2) is 11.5 Å². The van der Waals surface area contributed by atoms with Crippen LogP contribution in [0.15, 0.2) is 35.6 Å². The van der Waals surface area contributed by atoms with Crippen molar-refractivity contribution >= 4 is 23.4 Å². The van der Waals surface area contributed by atoms with Crippen molar-refractivity contribution in [2.75, 3.05) is 12.5 Å². The number of nitrogens with zero attached hydrogens (tertiary/aromatic N) is 4. The molecule has 24 heavy (non-hydrogen) atoms. The van der Waals surface area contributed by atoms with Crippen LogP contribution in [0.4, 0.5) is 17.2 Å². The molecule has 11 heteroatoms. The smallest absolute Gasteiger partial charge is 0.287 e. The van der Waals surface area contributed by atoms with Gasteiger partial charge in [-0.15, -0.1) is 0 Å². The van der Waals surface area contributed by atoms with E-state index in [-0.39, 0.29) is 34.3 Å². The molecule has 11 nitrogen and oxygen atoms in total. The second-order valence-electron chi connectivity index (χ2n) is 4.37. The van der Waals surface area contributed by atoms with Gasteiger partial charge in [-0.25, -0.2) is 4.98 Å². The number of aromatic hydroxyl groups is 1. The van der Waals surface area contributed by atoms with Crippen LogP contribution >= 0.6 is 0 Å². The van der Waals surface area contributed by atoms with Crippen LogP contribution in [0.25, 0.3) is 0 Å². The molecule has 2 rings (SSSR count). The second-order valence-corrected chi connectivity index (χ2v) is 4.37. The topological polar surface area (TPSA) is 153 Å². The first-order valence-electron chi connectivity index (χ1n) is 6.37. The number of anilines is 1. The zero-order valence-corrected chi connectivity index (χ0v) is 12.2. The van der Waals surface area contributed by atoms with Gasteiger partial charge in [0.05, 0.1) is 29.2 Å². The van der Waals surface area contributed by atoms with Crippen LogP contribution in [0.2, 0.25) is 0 Å². The number of methoxy groups -OCH3 is 1. The summed E-state index contributed by atoms with van der Waals surface area (Å²) in [6, 6.07) is 4.77. The van der Waals surface area contributed by atoms with Crippen LogP contribution in [0.1, 0.15) is 5.56 Å². The Hall–Kier alpha value is -3.76. The Morgan fingerprint density at radius 2 is 1.96 bits per heavy atom. The molecular weight excluding hydrogens is 322 g/mol. The van der Waals surface area contributed by atoms with Gasteiger partial charge in [0.25, 0.3) is 11.4 Å². The highest BCUT2D eigenvalue weighted by molar-refractivity contribution is 5.86. The number of phenols is 1. The van der Waals surface area contributed by atoms with Gasteiger partial charge in [-0.3, -0.25) is 25.7 Å². The molecule has 0 saturated carbocycles. The van der Waals surface area contributed by atoms with Crippen molar-refractivity contribution in [2.45, 2.75) is 0 Å². The first-order chi connectivity index (χ1) is 11.4. The van der Waals surface area contributed by atoms with Gasteiger partial charge in [0.1, 0.15) is 12.0 Å². The van der Waals surface area contributed by atoms with Crippen LogP contribution in [0, 0.1) is 20.2 Å². The van der Waals surface area contributed by atoms with Crippen molar-refractivity contribution in [1.29, 1.82) is 0 Å². The van der Waals surface area contributed by atoms with Gasteiger partial charge in [-0.2, -0.15) is 5.10 Å². The van der Waals surface area contributed by atoms with Gasteiger partial charge in [0, 0.05) is 17.7 Å². The fraction of sp³-hybridized carbons (Fsp3) is 0.0769. The van der Waals surface area contributed by atoms with E-state index in [4.69, 9.17) is 4.74 Å². The standard InChI is InChI=1S/C13H11N5O6/c1-24-11-5-10(18(22)23)4-8(13(11)19)6-15-16-12-3-2-9(7-14-12)17(20)21/h2-7,19H,1H3,(H,14,16). The van der Waals surface area contributed by atoms with Crippen molar-refractivity contribution in [2.24, 2.45) is 5.10 Å². The number of hydrogen-bond donors (Lipinski definition) is 2. The van der Waals surface area contributed by atoms with Crippen LogP contribution in [0.5, 0.6) is 11.5 Å². The molecule has 0 amide bonds. The van der Waals surface area contributed by atoms with Crippen LogP contribution in [-0.4, -0.2) is 33.3 Å². The number of ether oxygens (including phenoxy) is 1. The van der Waals surface area contributed by atoms with Crippen molar-refractivity contribution in [1.82, 2.24) is 4.98 Å². The Morgan fingerprint density at radius 1 is 1.25 bits per heavy atom. The SMILES string of the molecule is COc1cc([N+](=O)[O-])cc(C=NNc2ccc([N+](=O)[O-])cn2)c1O. The Labute approximate surface area is 134 Å². The number of nitrogens with one attached hydrogen (secondary N) is 1. The van der Waals surface area contributed by atoms with Crippen LogP contribution in [0.3, 0.4) is 0 Å². The largest absolute Gasteiger partial charge is 0.504 e. The molecule has 0 aliphatic rings. The average Bonchev–Trinajstić information content (AvgIpc) is 2.56. The first-order valence-corrected chi connectivity index (χ1v) is 6.37. The Bertz CT molecular complexity index is 805. The number of phenolic OH excluding ortho intramolecular Hbond substituents is 1. The fourth-order valence-corrected chi connectivity index (χ4v) is 1.70. The van der Waals surface area contributed by atoms with Crippen molar-refractivity contribution in [3.05, 3.63) is 56.3 Å². The molecule has 1 aromatic heterocycles. The lowest BCUT2D eigenvalue weighted by molar-refractivity contribution is -0.385. The van der Waals surface area contributed by atoms with E-state index in [1.54, 1.807) is 0 Å². The van der Waals surface area contributed by atoms with E-state index in [0.29, 0.717) is 0 Å². The molecule has 2 N–H and O–H groups in total. The van der Waals surface area contributed by atoms with E-state index < -0.39 is 9.85 Å². The van der Waals surface area contributed by atoms with E-state index >= 15 is 0 Å². The number of nitro groups is 2. The van der Waals surface area contributed by atoms with Crippen molar-refractivity contribution in [3.63, 3.8) is 0 Å². The minimum atomic E-state index is -0.634. The molecule has 0 bridgehead atoms. The molecule has 0 spiro atoms. The highest BCUT2D eigenvalue weighted by Gasteiger charge is 2.15. The summed E-state index contributed by atoms with van der Waals surface area (Å²) in [5.41, 5.74) is 2.08. The molecule has 0 atom stereocenters. The highest BCUT2D eigenvalue weighted by Crippen LogP contribution is 2.33. The van der Waals surface area contributed by atoms with Gasteiger partial charge in [0.2, 0.25) is 0 Å². The highest BCUT2D eigenvalue weighted by atomic mass is 16.6. The summed E-state index contributed by atoms with van der Waals surface area (Å²) < 4.78 is 4.86. The Balaban J connectivity index is 2.20. The number of pyridine rings is 1. The molecule has 0 aliphatic heterocycles. The zero-order valence-electron chi connectivity index (χ0n) is 12.2. The molecule has 0 fully saturated rings. The lowest BCUT2D eigenvalue weighted by Crippen LogP contribution is -1.97. The third-order valence-corrected chi connectivity index (χ3v) is 2.86. The monoisotopic (exact) mass is 333 g/mol. The molecule has 1 heterocycles. The normalized spacial score (nSPS) is 10.5. The summed E-state index contributed by atoms with van der Waals surface area (Å²) in [5.74, 6) is -0.168. The lowest BCUT2D eigenvalue weighted by Gasteiger charge is -2.06. The number of hydrogen-bond acceptors (Lipinski definition) is 9. The number of aromatic nitrogens is 1. The van der Waals surface area contributed by atoms with Gasteiger partial charge in [-0.05, 0) is 6.07 Å². The van der Waals surface area contributed by atoms with Gasteiger partial charge < -0.3 is 9.84 Å². The number of benzene rings is 1. The first kappa shape index (κ1) is 16.6. The van der Waals surface area contributed by atoms with E-state index in [1.807, 2.05) is 0 Å². The molecular formula is C13H11N5O6. The van der Waals surface area contributed by atoms with E-state index in [2.05, 4.69) is 15.5 Å². The molecule has 1 aromatic carbocycles. The van der Waals surface area contributed by atoms with E-state index in [0.717, 1.165) is 24.5 Å². The molecule has 0 unspecified atom stereocenters. The maximum absolute atomic E-state index is 10.9. The summed E-state index contributed by atoms with van der Waals surface area (Å²) in [4.78, 5) is 23.9. The summed E-state index contributed by atoms with van der Waals surface area (Å²) in [5, 5.41) is 35.1. The molecule has 2 aromatic rings. The summed E-state index contributed by atoms with van der Waals surface area (Å²) in [6.07, 6.45) is 2.18. The lowest BCUT2D eigenvalue weighted by atomic mass is 10.2. The molecule has 124 valence electrons. The Kier molecular flexibility index (Phi) is 4.84. The van der Waals surface area contributed by atoms with Gasteiger partial charge >= 0.3 is 0 Å². The average molecular weight is 333 g/mol. The minimum absolute atomic E-state index is 0.0514. The maximum atomic E-state index is 10.9. The predicted molar refractivity (Wildman–Crippen MR) is 83.4 cm³/mol. The third kappa shape index (κ3) is 3.71. The van der Waals surface area contributed by atoms with Crippen molar-refractivity contribution in [3.8, 4) is 11.5 Å². The van der Waals surface area contributed by atoms with Crippen LogP contribution < -0.4 is 10.2 Å². The summed E-state index contributed by atoms with van der Waals surface area (Å²) in [6.45, 7) is 0. The van der Waals surface area contributed by atoms with Crippen molar-refractivity contribution < 1.29 is 19.7 Å². The predicted octanol–water partition coefficient (Wildman–Crippen LogP) is 2.06. The number of rotatable bonds is 6. The molecule has 0 saturated heterocycles. The third-order valence-electron chi connectivity index (χ3n) is 2.86. The fourth-order valence-electron chi connectivity index (χ4n) is 1.70. The maximum Gasteiger partial charge on any atom is 0.287 e. The summed E-state index contributed by atoms with van der Waals surface area (Å²) >= 11 is 0. The van der Waals surface area contributed by atoms with E-state index in [1.165, 1.54) is 19.2 Å². The zero-order chi connectivity index (χ0) is 17.7. The number of nitro benzene ring substituents is 1. The quantitative estimate of drug-likeness (QED) is 0.462. The molecule has 0 aliphatic carbocycles. The van der Waals surface area contributed by atoms with Gasteiger partial charge in [-0.1, -0.05) is 0 Å². The molecule has 0 radical (unpaired) electrons. The van der Waals surface area contributed by atoms with E-state index in [9.17, 15) is 25.3 Å². The second kappa shape index (κ2) is 7.00. The minimum Gasteiger partial charge on any atom is -0.504 e.